The van der Waals surface area contributed by atoms with Crippen LogP contribution in [0.1, 0.15) is 20.7 Å². The molecule has 118 valence electrons. The third kappa shape index (κ3) is 3.54. The van der Waals surface area contributed by atoms with Crippen molar-refractivity contribution in [3.8, 4) is 0 Å². The number of carbonyl (C=O) groups excluding carboxylic acids is 2. The zero-order valence-corrected chi connectivity index (χ0v) is 13.4. The molecule has 1 fully saturated rings. The van der Waals surface area contributed by atoms with Crippen molar-refractivity contribution in [1.82, 2.24) is 9.80 Å². The molecule has 0 aromatic heterocycles. The zero-order valence-electron chi connectivity index (χ0n) is 12.6. The summed E-state index contributed by atoms with van der Waals surface area (Å²) in [6, 6.07) is 16.1. The number of nitrogens with zero attached hydrogens (tertiary/aromatic N) is 2. The first kappa shape index (κ1) is 15.6. The summed E-state index contributed by atoms with van der Waals surface area (Å²) in [5.41, 5.74) is 1.31. The fourth-order valence-corrected chi connectivity index (χ4v) is 2.78. The Hall–Kier alpha value is -2.33. The third-order valence-corrected chi connectivity index (χ3v) is 4.22. The molecule has 1 aliphatic rings. The fourth-order valence-electron chi connectivity index (χ4n) is 2.65. The van der Waals surface area contributed by atoms with E-state index in [0.29, 0.717) is 42.3 Å². The largest absolute Gasteiger partial charge is 0.335 e. The summed E-state index contributed by atoms with van der Waals surface area (Å²) >= 11 is 5.85. The van der Waals surface area contributed by atoms with Crippen molar-refractivity contribution >= 4 is 23.4 Å². The molecule has 1 saturated heterocycles. The topological polar surface area (TPSA) is 40.6 Å². The van der Waals surface area contributed by atoms with Crippen LogP contribution in [0.25, 0.3) is 0 Å². The molecular weight excluding hydrogens is 312 g/mol. The summed E-state index contributed by atoms with van der Waals surface area (Å²) in [5, 5.41) is 0.611. The highest BCUT2D eigenvalue weighted by Crippen LogP contribution is 2.14. The van der Waals surface area contributed by atoms with Gasteiger partial charge in [0.1, 0.15) is 0 Å². The molecule has 2 amide bonds. The standard InChI is InChI=1S/C18H17ClN2O2/c19-16-8-6-15(7-9-16)18(23)21-12-10-20(11-13-21)17(22)14-4-2-1-3-5-14/h1-9H,10-13H2. The van der Waals surface area contributed by atoms with Crippen LogP contribution >= 0.6 is 11.6 Å². The number of hydrogen-bond acceptors (Lipinski definition) is 2. The number of carbonyl (C=O) groups is 2. The number of amides is 2. The summed E-state index contributed by atoms with van der Waals surface area (Å²) in [4.78, 5) is 28.4. The quantitative estimate of drug-likeness (QED) is 0.850. The van der Waals surface area contributed by atoms with E-state index in [1.54, 1.807) is 34.1 Å². The average molecular weight is 329 g/mol. The minimum atomic E-state index is -0.0199. The van der Waals surface area contributed by atoms with Crippen LogP contribution in [-0.2, 0) is 0 Å². The molecule has 5 heteroatoms. The van der Waals surface area contributed by atoms with E-state index in [1.165, 1.54) is 0 Å². The Morgan fingerprint density at radius 3 is 1.61 bits per heavy atom. The molecule has 2 aromatic carbocycles. The molecular formula is C18H17ClN2O2. The number of halogens is 1. The highest BCUT2D eigenvalue weighted by molar-refractivity contribution is 6.30. The molecule has 0 saturated carbocycles. The molecule has 0 unspecified atom stereocenters. The van der Waals surface area contributed by atoms with E-state index >= 15 is 0 Å². The van der Waals surface area contributed by atoms with E-state index in [4.69, 9.17) is 11.6 Å². The Morgan fingerprint density at radius 1 is 0.696 bits per heavy atom. The molecule has 0 N–H and O–H groups in total. The number of benzene rings is 2. The highest BCUT2D eigenvalue weighted by atomic mass is 35.5. The molecule has 3 rings (SSSR count). The van der Waals surface area contributed by atoms with Crippen LogP contribution in [-0.4, -0.2) is 47.8 Å². The molecule has 4 nitrogen and oxygen atoms in total. The maximum atomic E-state index is 12.4. The van der Waals surface area contributed by atoms with E-state index in [-0.39, 0.29) is 11.8 Å². The molecule has 0 aliphatic carbocycles. The Labute approximate surface area is 140 Å². The summed E-state index contributed by atoms with van der Waals surface area (Å²) in [7, 11) is 0. The smallest absolute Gasteiger partial charge is 0.253 e. The molecule has 1 aliphatic heterocycles. The van der Waals surface area contributed by atoms with Crippen LogP contribution in [0.15, 0.2) is 54.6 Å². The van der Waals surface area contributed by atoms with Crippen LogP contribution < -0.4 is 0 Å². The lowest BCUT2D eigenvalue weighted by Crippen LogP contribution is -2.50. The van der Waals surface area contributed by atoms with Gasteiger partial charge in [-0.25, -0.2) is 0 Å². The van der Waals surface area contributed by atoms with Gasteiger partial charge in [0.25, 0.3) is 11.8 Å². The lowest BCUT2D eigenvalue weighted by atomic mass is 10.1. The van der Waals surface area contributed by atoms with Crippen LogP contribution in [0.5, 0.6) is 0 Å². The number of rotatable bonds is 2. The van der Waals surface area contributed by atoms with Crippen LogP contribution in [0, 0.1) is 0 Å². The predicted octanol–water partition coefficient (Wildman–Crippen LogP) is 2.94. The average Bonchev–Trinajstić information content (AvgIpc) is 2.62. The van der Waals surface area contributed by atoms with Crippen molar-refractivity contribution in [1.29, 1.82) is 0 Å². The van der Waals surface area contributed by atoms with Gasteiger partial charge in [0.15, 0.2) is 0 Å². The Morgan fingerprint density at radius 2 is 1.13 bits per heavy atom. The predicted molar refractivity (Wildman–Crippen MR) is 89.7 cm³/mol. The highest BCUT2D eigenvalue weighted by Gasteiger charge is 2.25. The van der Waals surface area contributed by atoms with Gasteiger partial charge in [-0.2, -0.15) is 0 Å². The first-order valence-corrected chi connectivity index (χ1v) is 7.92. The number of piperazine rings is 1. The lowest BCUT2D eigenvalue weighted by Gasteiger charge is -2.34. The SMILES string of the molecule is O=C(c1ccccc1)N1CCN(C(=O)c2ccc(Cl)cc2)CC1. The summed E-state index contributed by atoms with van der Waals surface area (Å²) in [5.74, 6) is -0.00216. The summed E-state index contributed by atoms with van der Waals surface area (Å²) in [6.45, 7) is 2.18. The van der Waals surface area contributed by atoms with Gasteiger partial charge >= 0.3 is 0 Å². The number of hydrogen-bond donors (Lipinski definition) is 0. The van der Waals surface area contributed by atoms with Gasteiger partial charge in [0.05, 0.1) is 0 Å². The maximum Gasteiger partial charge on any atom is 0.253 e. The van der Waals surface area contributed by atoms with Crippen molar-refractivity contribution in [2.45, 2.75) is 0 Å². The second-order valence-electron chi connectivity index (χ2n) is 5.46. The van der Waals surface area contributed by atoms with E-state index in [2.05, 4.69) is 0 Å². The van der Waals surface area contributed by atoms with E-state index in [1.807, 2.05) is 30.3 Å². The molecule has 0 spiro atoms. The maximum absolute atomic E-state index is 12.4. The summed E-state index contributed by atoms with van der Waals surface area (Å²) in [6.07, 6.45) is 0. The Kier molecular flexibility index (Phi) is 4.63. The van der Waals surface area contributed by atoms with Gasteiger partial charge in [-0.05, 0) is 36.4 Å². The van der Waals surface area contributed by atoms with Gasteiger partial charge in [-0.3, -0.25) is 9.59 Å². The molecule has 0 atom stereocenters. The van der Waals surface area contributed by atoms with E-state index in [0.717, 1.165) is 0 Å². The van der Waals surface area contributed by atoms with Crippen molar-refractivity contribution in [3.05, 3.63) is 70.7 Å². The minimum Gasteiger partial charge on any atom is -0.335 e. The van der Waals surface area contributed by atoms with Crippen molar-refractivity contribution in [3.63, 3.8) is 0 Å². The molecule has 2 aromatic rings. The Balaban J connectivity index is 1.61. The van der Waals surface area contributed by atoms with Crippen LogP contribution in [0.3, 0.4) is 0 Å². The van der Waals surface area contributed by atoms with Gasteiger partial charge in [0.2, 0.25) is 0 Å². The first-order chi connectivity index (χ1) is 11.1. The second-order valence-corrected chi connectivity index (χ2v) is 5.89. The Bertz CT molecular complexity index is 693. The zero-order chi connectivity index (χ0) is 16.2. The monoisotopic (exact) mass is 328 g/mol. The second kappa shape index (κ2) is 6.84. The van der Waals surface area contributed by atoms with Crippen molar-refractivity contribution < 1.29 is 9.59 Å². The van der Waals surface area contributed by atoms with Gasteiger partial charge < -0.3 is 9.80 Å². The van der Waals surface area contributed by atoms with Crippen molar-refractivity contribution in [2.75, 3.05) is 26.2 Å². The van der Waals surface area contributed by atoms with E-state index in [9.17, 15) is 9.59 Å². The molecule has 23 heavy (non-hydrogen) atoms. The first-order valence-electron chi connectivity index (χ1n) is 7.54. The summed E-state index contributed by atoms with van der Waals surface area (Å²) < 4.78 is 0. The van der Waals surface area contributed by atoms with E-state index < -0.39 is 0 Å². The van der Waals surface area contributed by atoms with Crippen molar-refractivity contribution in [2.24, 2.45) is 0 Å². The van der Waals surface area contributed by atoms with Gasteiger partial charge in [-0.1, -0.05) is 29.8 Å². The molecule has 1 heterocycles. The minimum absolute atomic E-state index is 0.0178. The molecule has 0 bridgehead atoms. The lowest BCUT2D eigenvalue weighted by molar-refractivity contribution is 0.0535. The van der Waals surface area contributed by atoms with Gasteiger partial charge in [-0.15, -0.1) is 0 Å². The van der Waals surface area contributed by atoms with Gasteiger partial charge in [0, 0.05) is 42.3 Å². The third-order valence-electron chi connectivity index (χ3n) is 3.97. The molecule has 0 radical (unpaired) electrons. The fraction of sp³-hybridized carbons (Fsp3) is 0.222. The normalized spacial score (nSPS) is 14.7. The van der Waals surface area contributed by atoms with Crippen LogP contribution in [0.4, 0.5) is 0 Å². The van der Waals surface area contributed by atoms with Crippen LogP contribution in [0.2, 0.25) is 5.02 Å².